The molecule has 5 nitrogen and oxygen atoms in total. The van der Waals surface area contributed by atoms with Crippen molar-refractivity contribution in [1.82, 2.24) is 9.62 Å². The highest BCUT2D eigenvalue weighted by molar-refractivity contribution is 7.89. The molecule has 3 atom stereocenters. The minimum Gasteiger partial charge on any atom is -0.390 e. The minimum absolute atomic E-state index is 0.0334. The fourth-order valence-electron chi connectivity index (χ4n) is 3.44. The molecule has 0 spiro atoms. The van der Waals surface area contributed by atoms with Crippen LogP contribution >= 0.6 is 0 Å². The topological polar surface area (TPSA) is 69.6 Å². The van der Waals surface area contributed by atoms with Crippen molar-refractivity contribution < 1.29 is 13.5 Å². The summed E-state index contributed by atoms with van der Waals surface area (Å²) in [4.78, 5) is 2.56. The molecule has 1 aromatic rings. The second-order valence-corrected chi connectivity index (χ2v) is 8.76. The van der Waals surface area contributed by atoms with Gasteiger partial charge in [0.05, 0.1) is 11.0 Å². The Balaban J connectivity index is 1.97. The molecule has 0 aliphatic carbocycles. The zero-order valence-electron chi connectivity index (χ0n) is 15.1. The number of likely N-dealkylation sites (tertiary alicyclic amines) is 1. The predicted octanol–water partition coefficient (Wildman–Crippen LogP) is 2.21. The summed E-state index contributed by atoms with van der Waals surface area (Å²) in [5.41, 5.74) is 1.69. The summed E-state index contributed by atoms with van der Waals surface area (Å²) < 4.78 is 27.5. The van der Waals surface area contributed by atoms with Gasteiger partial charge in [0.2, 0.25) is 10.0 Å². The third kappa shape index (κ3) is 4.57. The first kappa shape index (κ1) is 19.4. The van der Waals surface area contributed by atoms with Gasteiger partial charge in [0.1, 0.15) is 0 Å². The molecule has 1 fully saturated rings. The van der Waals surface area contributed by atoms with Gasteiger partial charge in [-0.1, -0.05) is 18.6 Å². The van der Waals surface area contributed by atoms with E-state index in [4.69, 9.17) is 0 Å². The molecule has 24 heavy (non-hydrogen) atoms. The summed E-state index contributed by atoms with van der Waals surface area (Å²) in [6.07, 6.45) is 2.76. The standard InChI is InChI=1S/C18H30N2O3S/c1-13-7-5-10-18(16(13)4)24(22,23)19-11-17(21)12-20-14(2)8-6-9-15(20)3/h5,7,10,14-15,17,19,21H,6,8-9,11-12H2,1-4H3/t14-,15+,17-/m0/s1. The Hall–Kier alpha value is -0.950. The predicted molar refractivity (Wildman–Crippen MR) is 96.6 cm³/mol. The first-order valence-electron chi connectivity index (χ1n) is 8.72. The lowest BCUT2D eigenvalue weighted by atomic mass is 9.97. The van der Waals surface area contributed by atoms with E-state index in [-0.39, 0.29) is 11.4 Å². The van der Waals surface area contributed by atoms with Crippen molar-refractivity contribution in [3.63, 3.8) is 0 Å². The summed E-state index contributed by atoms with van der Waals surface area (Å²) in [6.45, 7) is 8.56. The van der Waals surface area contributed by atoms with Crippen molar-refractivity contribution in [3.05, 3.63) is 29.3 Å². The maximum Gasteiger partial charge on any atom is 0.240 e. The molecule has 0 radical (unpaired) electrons. The summed E-state index contributed by atoms with van der Waals surface area (Å²) in [5.74, 6) is 0. The minimum atomic E-state index is -3.60. The molecule has 1 heterocycles. The highest BCUT2D eigenvalue weighted by Gasteiger charge is 2.27. The smallest absolute Gasteiger partial charge is 0.240 e. The number of hydrogen-bond acceptors (Lipinski definition) is 4. The van der Waals surface area contributed by atoms with Crippen LogP contribution in [0.4, 0.5) is 0 Å². The number of hydrogen-bond donors (Lipinski definition) is 2. The van der Waals surface area contributed by atoms with Crippen LogP contribution in [0.3, 0.4) is 0 Å². The number of piperidine rings is 1. The summed E-state index contributed by atoms with van der Waals surface area (Å²) in [5, 5.41) is 10.3. The molecular formula is C18H30N2O3S. The van der Waals surface area contributed by atoms with Crippen molar-refractivity contribution >= 4 is 10.0 Å². The van der Waals surface area contributed by atoms with Gasteiger partial charge in [-0.2, -0.15) is 0 Å². The van der Waals surface area contributed by atoms with Gasteiger partial charge < -0.3 is 5.11 Å². The van der Waals surface area contributed by atoms with Gasteiger partial charge in [0, 0.05) is 25.2 Å². The van der Waals surface area contributed by atoms with E-state index in [0.29, 0.717) is 18.6 Å². The van der Waals surface area contributed by atoms with Gasteiger partial charge in [0.25, 0.3) is 0 Å². The largest absolute Gasteiger partial charge is 0.390 e. The van der Waals surface area contributed by atoms with Crippen LogP contribution in [0.25, 0.3) is 0 Å². The molecule has 6 heteroatoms. The van der Waals surface area contributed by atoms with Gasteiger partial charge in [-0.05, 0) is 57.7 Å². The summed E-state index contributed by atoms with van der Waals surface area (Å²) >= 11 is 0. The van der Waals surface area contributed by atoms with Crippen LogP contribution in [0, 0.1) is 13.8 Å². The van der Waals surface area contributed by atoms with E-state index in [1.807, 2.05) is 13.0 Å². The molecule has 0 unspecified atom stereocenters. The molecule has 1 aromatic carbocycles. The van der Waals surface area contributed by atoms with Crippen molar-refractivity contribution in [2.45, 2.75) is 70.0 Å². The quantitative estimate of drug-likeness (QED) is 0.822. The molecule has 0 amide bonds. The third-order valence-electron chi connectivity index (χ3n) is 5.15. The molecule has 0 bridgehead atoms. The number of rotatable bonds is 6. The van der Waals surface area contributed by atoms with Gasteiger partial charge in [-0.3, -0.25) is 4.90 Å². The molecule has 2 N–H and O–H groups in total. The maximum absolute atomic E-state index is 12.5. The number of sulfonamides is 1. The number of nitrogens with one attached hydrogen (secondary N) is 1. The van der Waals surface area contributed by atoms with Crippen molar-refractivity contribution in [1.29, 1.82) is 0 Å². The third-order valence-corrected chi connectivity index (χ3v) is 6.72. The van der Waals surface area contributed by atoms with Gasteiger partial charge >= 0.3 is 0 Å². The number of aryl methyl sites for hydroxylation is 1. The van der Waals surface area contributed by atoms with Gasteiger partial charge in [-0.25, -0.2) is 13.1 Å². The fraction of sp³-hybridized carbons (Fsp3) is 0.667. The first-order valence-corrected chi connectivity index (χ1v) is 10.2. The van der Waals surface area contributed by atoms with Crippen LogP contribution in [-0.2, 0) is 10.0 Å². The highest BCUT2D eigenvalue weighted by Crippen LogP contribution is 2.22. The second kappa shape index (κ2) is 7.95. The highest BCUT2D eigenvalue weighted by atomic mass is 32.2. The van der Waals surface area contributed by atoms with E-state index in [0.717, 1.165) is 24.0 Å². The molecule has 0 aromatic heterocycles. The van der Waals surface area contributed by atoms with Crippen molar-refractivity contribution in [3.8, 4) is 0 Å². The first-order chi connectivity index (χ1) is 11.2. The Labute approximate surface area is 146 Å². The van der Waals surface area contributed by atoms with Crippen LogP contribution < -0.4 is 4.72 Å². The zero-order valence-corrected chi connectivity index (χ0v) is 15.9. The van der Waals surface area contributed by atoms with Crippen LogP contribution in [0.1, 0.15) is 44.2 Å². The molecule has 1 aliphatic heterocycles. The second-order valence-electron chi connectivity index (χ2n) is 7.03. The Morgan fingerprint density at radius 1 is 1.25 bits per heavy atom. The van der Waals surface area contributed by atoms with Crippen LogP contribution in [-0.4, -0.2) is 49.7 Å². The molecule has 2 rings (SSSR count). The Morgan fingerprint density at radius 2 is 1.88 bits per heavy atom. The van der Waals surface area contributed by atoms with E-state index in [1.165, 1.54) is 6.42 Å². The lowest BCUT2D eigenvalue weighted by molar-refractivity contribution is 0.0438. The van der Waals surface area contributed by atoms with Crippen molar-refractivity contribution in [2.75, 3.05) is 13.1 Å². The number of benzene rings is 1. The lowest BCUT2D eigenvalue weighted by Gasteiger charge is -2.40. The average molecular weight is 355 g/mol. The van der Waals surface area contributed by atoms with E-state index in [2.05, 4.69) is 23.5 Å². The molecular weight excluding hydrogens is 324 g/mol. The molecule has 136 valence electrons. The average Bonchev–Trinajstić information content (AvgIpc) is 2.52. The summed E-state index contributed by atoms with van der Waals surface area (Å²) in [6, 6.07) is 6.09. The van der Waals surface area contributed by atoms with E-state index in [9.17, 15) is 13.5 Å². The normalized spacial score (nSPS) is 24.0. The van der Waals surface area contributed by atoms with E-state index < -0.39 is 16.1 Å². The summed E-state index contributed by atoms with van der Waals surface area (Å²) in [7, 11) is -3.60. The van der Waals surface area contributed by atoms with Gasteiger partial charge in [0.15, 0.2) is 0 Å². The fourth-order valence-corrected chi connectivity index (χ4v) is 4.83. The molecule has 0 saturated carbocycles. The van der Waals surface area contributed by atoms with Crippen LogP contribution in [0.2, 0.25) is 0 Å². The molecule has 1 saturated heterocycles. The Kier molecular flexibility index (Phi) is 6.42. The number of nitrogens with zero attached hydrogens (tertiary/aromatic N) is 1. The lowest BCUT2D eigenvalue weighted by Crippen LogP contribution is -2.49. The zero-order chi connectivity index (χ0) is 17.9. The van der Waals surface area contributed by atoms with Crippen LogP contribution in [0.15, 0.2) is 23.1 Å². The molecule has 1 aliphatic rings. The van der Waals surface area contributed by atoms with Crippen LogP contribution in [0.5, 0.6) is 0 Å². The van der Waals surface area contributed by atoms with Gasteiger partial charge in [-0.15, -0.1) is 0 Å². The van der Waals surface area contributed by atoms with E-state index >= 15 is 0 Å². The Bertz CT molecular complexity index is 650. The Morgan fingerprint density at radius 3 is 2.50 bits per heavy atom. The number of β-amino-alcohol motifs (C(OH)–C–C–N with tert-alkyl or cyclic N) is 1. The number of aliphatic hydroxyl groups excluding tert-OH is 1. The SMILES string of the molecule is Cc1cccc(S(=O)(=O)NC[C@H](O)CN2[C@H](C)CCC[C@@H]2C)c1C. The van der Waals surface area contributed by atoms with E-state index in [1.54, 1.807) is 19.1 Å². The van der Waals surface area contributed by atoms with Crippen molar-refractivity contribution in [2.24, 2.45) is 0 Å². The maximum atomic E-state index is 12.5. The monoisotopic (exact) mass is 354 g/mol. The number of aliphatic hydroxyl groups is 1.